The van der Waals surface area contributed by atoms with Crippen LogP contribution in [0.15, 0.2) is 36.5 Å². The Balaban J connectivity index is 2.28. The number of nitrogens with zero attached hydrogens (tertiary/aromatic N) is 1. The fraction of sp³-hybridized carbons (Fsp3) is 0.0833. The first-order valence-electron chi connectivity index (χ1n) is 4.97. The highest BCUT2D eigenvalue weighted by molar-refractivity contribution is 6.30. The number of benzene rings is 1. The Hall–Kier alpha value is -1.65. The Bertz CT molecular complexity index is 534. The molecule has 0 saturated carbocycles. The average molecular weight is 253 g/mol. The quantitative estimate of drug-likeness (QED) is 0.913. The fourth-order valence-corrected chi connectivity index (χ4v) is 1.49. The standard InChI is InChI=1S/C12H10ClFN2O/c13-10-2-1-3-11(12(10)14)17-9-4-5-16-8(6-9)7-15/h1-6H,7,15H2. The van der Waals surface area contributed by atoms with E-state index in [1.807, 2.05) is 0 Å². The SMILES string of the molecule is NCc1cc(Oc2cccc(Cl)c2F)ccn1. The Kier molecular flexibility index (Phi) is 3.56. The monoisotopic (exact) mass is 252 g/mol. The van der Waals surface area contributed by atoms with Crippen LogP contribution in [0.3, 0.4) is 0 Å². The van der Waals surface area contributed by atoms with Crippen LogP contribution in [0.2, 0.25) is 5.02 Å². The highest BCUT2D eigenvalue weighted by atomic mass is 35.5. The van der Waals surface area contributed by atoms with Crippen molar-refractivity contribution in [3.63, 3.8) is 0 Å². The molecule has 0 atom stereocenters. The summed E-state index contributed by atoms with van der Waals surface area (Å²) in [5.74, 6) is -0.0337. The summed E-state index contributed by atoms with van der Waals surface area (Å²) < 4.78 is 18.9. The summed E-state index contributed by atoms with van der Waals surface area (Å²) in [6.45, 7) is 0.301. The van der Waals surface area contributed by atoms with E-state index >= 15 is 0 Å². The maximum Gasteiger partial charge on any atom is 0.184 e. The first-order chi connectivity index (χ1) is 8.20. The van der Waals surface area contributed by atoms with Gasteiger partial charge < -0.3 is 10.5 Å². The first kappa shape index (κ1) is 11.8. The van der Waals surface area contributed by atoms with Gasteiger partial charge in [0.1, 0.15) is 5.75 Å². The second-order valence-corrected chi connectivity index (χ2v) is 3.75. The molecule has 2 rings (SSSR count). The molecular weight excluding hydrogens is 243 g/mol. The number of hydrogen-bond donors (Lipinski definition) is 1. The third-order valence-electron chi connectivity index (χ3n) is 2.14. The Morgan fingerprint density at radius 2 is 2.18 bits per heavy atom. The zero-order chi connectivity index (χ0) is 12.3. The van der Waals surface area contributed by atoms with Crippen molar-refractivity contribution < 1.29 is 9.13 Å². The fourth-order valence-electron chi connectivity index (χ4n) is 1.32. The molecule has 0 spiro atoms. The molecule has 0 unspecified atom stereocenters. The van der Waals surface area contributed by atoms with Crippen LogP contribution in [0.1, 0.15) is 5.69 Å². The van der Waals surface area contributed by atoms with E-state index in [0.29, 0.717) is 18.0 Å². The summed E-state index contributed by atoms with van der Waals surface area (Å²) in [4.78, 5) is 4.01. The van der Waals surface area contributed by atoms with E-state index in [2.05, 4.69) is 4.98 Å². The normalized spacial score (nSPS) is 10.3. The molecule has 0 amide bonds. The van der Waals surface area contributed by atoms with Crippen LogP contribution >= 0.6 is 11.6 Å². The van der Waals surface area contributed by atoms with Gasteiger partial charge in [-0.3, -0.25) is 4.98 Å². The molecule has 0 aliphatic carbocycles. The van der Waals surface area contributed by atoms with E-state index in [-0.39, 0.29) is 10.8 Å². The Labute approximate surface area is 103 Å². The van der Waals surface area contributed by atoms with E-state index in [4.69, 9.17) is 22.1 Å². The van der Waals surface area contributed by atoms with Crippen molar-refractivity contribution in [1.82, 2.24) is 4.98 Å². The molecule has 2 aromatic rings. The van der Waals surface area contributed by atoms with Gasteiger partial charge in [-0.05, 0) is 18.2 Å². The molecule has 0 radical (unpaired) electrons. The van der Waals surface area contributed by atoms with Gasteiger partial charge >= 0.3 is 0 Å². The molecule has 5 heteroatoms. The van der Waals surface area contributed by atoms with Gasteiger partial charge in [-0.1, -0.05) is 17.7 Å². The predicted octanol–water partition coefficient (Wildman–Crippen LogP) is 3.13. The van der Waals surface area contributed by atoms with Gasteiger partial charge in [-0.2, -0.15) is 0 Å². The number of ether oxygens (including phenoxy) is 1. The molecule has 0 saturated heterocycles. The highest BCUT2D eigenvalue weighted by Crippen LogP contribution is 2.28. The Morgan fingerprint density at radius 3 is 2.94 bits per heavy atom. The molecular formula is C12H10ClFN2O. The van der Waals surface area contributed by atoms with E-state index in [1.165, 1.54) is 12.1 Å². The van der Waals surface area contributed by atoms with Gasteiger partial charge in [0, 0.05) is 18.8 Å². The van der Waals surface area contributed by atoms with Crippen molar-refractivity contribution in [3.05, 3.63) is 53.1 Å². The minimum Gasteiger partial charge on any atom is -0.454 e. The second-order valence-electron chi connectivity index (χ2n) is 3.34. The zero-order valence-corrected chi connectivity index (χ0v) is 9.62. The zero-order valence-electron chi connectivity index (χ0n) is 8.86. The minimum absolute atomic E-state index is 0.0237. The number of halogens is 2. The lowest BCUT2D eigenvalue weighted by Crippen LogP contribution is -1.99. The van der Waals surface area contributed by atoms with Gasteiger partial charge in [0.05, 0.1) is 10.7 Å². The van der Waals surface area contributed by atoms with Crippen molar-refractivity contribution in [3.8, 4) is 11.5 Å². The molecule has 3 nitrogen and oxygen atoms in total. The molecule has 1 heterocycles. The molecule has 0 fully saturated rings. The van der Waals surface area contributed by atoms with Crippen LogP contribution in [0.4, 0.5) is 4.39 Å². The van der Waals surface area contributed by atoms with E-state index in [1.54, 1.807) is 24.4 Å². The lowest BCUT2D eigenvalue weighted by Gasteiger charge is -2.08. The first-order valence-corrected chi connectivity index (χ1v) is 5.35. The van der Waals surface area contributed by atoms with Gasteiger partial charge in [0.25, 0.3) is 0 Å². The van der Waals surface area contributed by atoms with Crippen LogP contribution < -0.4 is 10.5 Å². The average Bonchev–Trinajstić information content (AvgIpc) is 2.35. The summed E-state index contributed by atoms with van der Waals surface area (Å²) in [6, 6.07) is 7.86. The Morgan fingerprint density at radius 1 is 1.35 bits per heavy atom. The maximum atomic E-state index is 13.6. The molecule has 0 aliphatic heterocycles. The predicted molar refractivity (Wildman–Crippen MR) is 63.6 cm³/mol. The third kappa shape index (κ3) is 2.72. The van der Waals surface area contributed by atoms with E-state index in [0.717, 1.165) is 0 Å². The molecule has 88 valence electrons. The van der Waals surface area contributed by atoms with Gasteiger partial charge in [-0.25, -0.2) is 4.39 Å². The van der Waals surface area contributed by atoms with Crippen LogP contribution in [0.5, 0.6) is 11.5 Å². The highest BCUT2D eigenvalue weighted by Gasteiger charge is 2.08. The molecule has 1 aromatic heterocycles. The molecule has 2 N–H and O–H groups in total. The van der Waals surface area contributed by atoms with Crippen molar-refractivity contribution in [2.45, 2.75) is 6.54 Å². The summed E-state index contributed by atoms with van der Waals surface area (Å²) in [5, 5.41) is 0.0237. The lowest BCUT2D eigenvalue weighted by molar-refractivity contribution is 0.441. The lowest BCUT2D eigenvalue weighted by atomic mass is 10.3. The van der Waals surface area contributed by atoms with Crippen LogP contribution in [-0.2, 0) is 6.54 Å². The van der Waals surface area contributed by atoms with Gasteiger partial charge in [-0.15, -0.1) is 0 Å². The smallest absolute Gasteiger partial charge is 0.184 e. The largest absolute Gasteiger partial charge is 0.454 e. The van der Waals surface area contributed by atoms with Crippen molar-refractivity contribution in [1.29, 1.82) is 0 Å². The number of hydrogen-bond acceptors (Lipinski definition) is 3. The molecule has 17 heavy (non-hydrogen) atoms. The molecule has 0 aliphatic rings. The summed E-state index contributed by atoms with van der Waals surface area (Å²) >= 11 is 5.65. The van der Waals surface area contributed by atoms with Gasteiger partial charge in [0.2, 0.25) is 0 Å². The molecule has 0 bridgehead atoms. The number of rotatable bonds is 3. The summed E-state index contributed by atoms with van der Waals surface area (Å²) in [7, 11) is 0. The number of nitrogens with two attached hydrogens (primary N) is 1. The van der Waals surface area contributed by atoms with Crippen molar-refractivity contribution >= 4 is 11.6 Å². The number of aromatic nitrogens is 1. The van der Waals surface area contributed by atoms with Crippen molar-refractivity contribution in [2.24, 2.45) is 5.73 Å². The van der Waals surface area contributed by atoms with Gasteiger partial charge in [0.15, 0.2) is 11.6 Å². The topological polar surface area (TPSA) is 48.1 Å². The van der Waals surface area contributed by atoms with Crippen LogP contribution in [0.25, 0.3) is 0 Å². The third-order valence-corrected chi connectivity index (χ3v) is 2.43. The van der Waals surface area contributed by atoms with Crippen LogP contribution in [0, 0.1) is 5.82 Å². The second kappa shape index (κ2) is 5.12. The summed E-state index contributed by atoms with van der Waals surface area (Å²) in [6.07, 6.45) is 1.56. The van der Waals surface area contributed by atoms with Crippen molar-refractivity contribution in [2.75, 3.05) is 0 Å². The minimum atomic E-state index is -0.583. The molecule has 1 aromatic carbocycles. The van der Waals surface area contributed by atoms with Crippen LogP contribution in [-0.4, -0.2) is 4.98 Å². The number of pyridine rings is 1. The maximum absolute atomic E-state index is 13.6. The summed E-state index contributed by atoms with van der Waals surface area (Å²) in [5.41, 5.74) is 6.12. The van der Waals surface area contributed by atoms with E-state index < -0.39 is 5.82 Å². The van der Waals surface area contributed by atoms with E-state index in [9.17, 15) is 4.39 Å².